The number of hydrogen-bond acceptors (Lipinski definition) is 3. The van der Waals surface area contributed by atoms with Crippen LogP contribution in [0, 0.1) is 11.3 Å². The van der Waals surface area contributed by atoms with E-state index < -0.39 is 0 Å². The van der Waals surface area contributed by atoms with E-state index >= 15 is 0 Å². The fourth-order valence-corrected chi connectivity index (χ4v) is 2.36. The van der Waals surface area contributed by atoms with Crippen LogP contribution in [0.3, 0.4) is 0 Å². The number of fused-ring (bicyclic) bond motifs is 1. The SMILES string of the molecule is CCOc1ccc(-c2nc3ccc(Cl)cn3c2C#N)cc1. The largest absolute Gasteiger partial charge is 0.494 e. The van der Waals surface area contributed by atoms with E-state index in [1.165, 1.54) is 0 Å². The van der Waals surface area contributed by atoms with Crippen molar-refractivity contribution < 1.29 is 4.74 Å². The van der Waals surface area contributed by atoms with E-state index in [0.29, 0.717) is 28.7 Å². The number of halogens is 1. The summed E-state index contributed by atoms with van der Waals surface area (Å²) in [6, 6.07) is 13.3. The summed E-state index contributed by atoms with van der Waals surface area (Å²) in [4.78, 5) is 4.51. The molecule has 1 aromatic carbocycles. The molecule has 0 amide bonds. The van der Waals surface area contributed by atoms with E-state index in [9.17, 15) is 5.26 Å². The molecule has 0 bridgehead atoms. The minimum absolute atomic E-state index is 0.469. The summed E-state index contributed by atoms with van der Waals surface area (Å²) in [5.74, 6) is 0.798. The minimum Gasteiger partial charge on any atom is -0.494 e. The highest BCUT2D eigenvalue weighted by Crippen LogP contribution is 2.26. The summed E-state index contributed by atoms with van der Waals surface area (Å²) in [5, 5.41) is 9.98. The highest BCUT2D eigenvalue weighted by molar-refractivity contribution is 6.30. The van der Waals surface area contributed by atoms with Crippen molar-refractivity contribution in [3.8, 4) is 23.1 Å². The van der Waals surface area contributed by atoms with Crippen molar-refractivity contribution in [2.45, 2.75) is 6.92 Å². The number of ether oxygens (including phenoxy) is 1. The summed E-state index contributed by atoms with van der Waals surface area (Å²) in [6.07, 6.45) is 1.69. The Hall–Kier alpha value is -2.51. The predicted octanol–water partition coefficient (Wildman–Crippen LogP) is 3.93. The Morgan fingerprint density at radius 1 is 1.24 bits per heavy atom. The van der Waals surface area contributed by atoms with Gasteiger partial charge in [0.1, 0.15) is 23.2 Å². The summed E-state index contributed by atoms with van der Waals surface area (Å²) in [5.41, 5.74) is 2.68. The number of imidazole rings is 1. The van der Waals surface area contributed by atoms with Crippen LogP contribution in [-0.4, -0.2) is 16.0 Å². The average Bonchev–Trinajstić information content (AvgIpc) is 2.86. The van der Waals surface area contributed by atoms with Crippen LogP contribution in [0.2, 0.25) is 5.02 Å². The van der Waals surface area contributed by atoms with E-state index in [1.807, 2.05) is 31.2 Å². The van der Waals surface area contributed by atoms with Crippen molar-refractivity contribution in [3.05, 3.63) is 53.3 Å². The maximum absolute atomic E-state index is 9.42. The molecule has 0 saturated carbocycles. The van der Waals surface area contributed by atoms with Crippen LogP contribution in [0.1, 0.15) is 12.6 Å². The van der Waals surface area contributed by atoms with Crippen LogP contribution < -0.4 is 4.74 Å². The molecule has 104 valence electrons. The smallest absolute Gasteiger partial charge is 0.152 e. The zero-order chi connectivity index (χ0) is 14.8. The molecule has 0 aliphatic heterocycles. The van der Waals surface area contributed by atoms with Crippen molar-refractivity contribution in [1.29, 1.82) is 5.26 Å². The molecule has 3 rings (SSSR count). The standard InChI is InChI=1S/C16H12ClN3O/c1-2-21-13-6-3-11(4-7-13)16-14(9-18)20-10-12(17)5-8-15(20)19-16/h3-8,10H,2H2,1H3. The van der Waals surface area contributed by atoms with Crippen LogP contribution in [0.25, 0.3) is 16.9 Å². The van der Waals surface area contributed by atoms with Gasteiger partial charge in [-0.1, -0.05) is 11.6 Å². The Morgan fingerprint density at radius 3 is 2.67 bits per heavy atom. The minimum atomic E-state index is 0.469. The van der Waals surface area contributed by atoms with Crippen LogP contribution in [0.5, 0.6) is 5.75 Å². The van der Waals surface area contributed by atoms with E-state index in [2.05, 4.69) is 11.1 Å². The topological polar surface area (TPSA) is 50.3 Å². The number of pyridine rings is 1. The second-order valence-corrected chi connectivity index (χ2v) is 4.89. The fourth-order valence-electron chi connectivity index (χ4n) is 2.20. The molecule has 2 heterocycles. The lowest BCUT2D eigenvalue weighted by Crippen LogP contribution is -1.91. The van der Waals surface area contributed by atoms with Crippen LogP contribution in [-0.2, 0) is 0 Å². The molecule has 0 aliphatic carbocycles. The maximum atomic E-state index is 9.42. The van der Waals surface area contributed by atoms with Gasteiger partial charge in [-0.05, 0) is 43.3 Å². The summed E-state index contributed by atoms with van der Waals surface area (Å²) >= 11 is 5.98. The normalized spacial score (nSPS) is 10.5. The first-order chi connectivity index (χ1) is 10.2. The Labute approximate surface area is 127 Å². The van der Waals surface area contributed by atoms with Crippen molar-refractivity contribution in [2.75, 3.05) is 6.61 Å². The quantitative estimate of drug-likeness (QED) is 0.736. The highest BCUT2D eigenvalue weighted by atomic mass is 35.5. The third kappa shape index (κ3) is 2.44. The van der Waals surface area contributed by atoms with Gasteiger partial charge < -0.3 is 4.74 Å². The van der Waals surface area contributed by atoms with Crippen molar-refractivity contribution in [2.24, 2.45) is 0 Å². The molecule has 21 heavy (non-hydrogen) atoms. The number of nitriles is 1. The molecule has 0 N–H and O–H groups in total. The molecule has 0 unspecified atom stereocenters. The Kier molecular flexibility index (Phi) is 3.51. The molecular weight excluding hydrogens is 286 g/mol. The third-order valence-electron chi connectivity index (χ3n) is 3.13. The lowest BCUT2D eigenvalue weighted by molar-refractivity contribution is 0.340. The molecular formula is C16H12ClN3O. The molecule has 0 aliphatic rings. The molecule has 0 radical (unpaired) electrons. The van der Waals surface area contributed by atoms with Gasteiger partial charge in [0.15, 0.2) is 5.69 Å². The first kappa shape index (κ1) is 13.5. The van der Waals surface area contributed by atoms with E-state index in [1.54, 1.807) is 22.7 Å². The van der Waals surface area contributed by atoms with Crippen molar-refractivity contribution in [3.63, 3.8) is 0 Å². The Morgan fingerprint density at radius 2 is 2.00 bits per heavy atom. The molecule has 0 atom stereocenters. The van der Waals surface area contributed by atoms with Gasteiger partial charge in [-0.25, -0.2) is 4.98 Å². The molecule has 2 aromatic heterocycles. The lowest BCUT2D eigenvalue weighted by Gasteiger charge is -2.03. The van der Waals surface area contributed by atoms with Crippen molar-refractivity contribution in [1.82, 2.24) is 9.38 Å². The summed E-state index contributed by atoms with van der Waals surface area (Å²) in [6.45, 7) is 2.56. The van der Waals surface area contributed by atoms with Gasteiger partial charge in [0.25, 0.3) is 0 Å². The second-order valence-electron chi connectivity index (χ2n) is 4.45. The van der Waals surface area contributed by atoms with Gasteiger partial charge >= 0.3 is 0 Å². The molecule has 0 fully saturated rings. The average molecular weight is 298 g/mol. The number of hydrogen-bond donors (Lipinski definition) is 0. The van der Waals surface area contributed by atoms with Crippen LogP contribution in [0.15, 0.2) is 42.6 Å². The van der Waals surface area contributed by atoms with E-state index in [0.717, 1.165) is 11.3 Å². The molecule has 3 aromatic rings. The number of benzene rings is 1. The fraction of sp³-hybridized carbons (Fsp3) is 0.125. The molecule has 0 saturated heterocycles. The zero-order valence-corrected chi connectivity index (χ0v) is 12.1. The predicted molar refractivity (Wildman–Crippen MR) is 81.5 cm³/mol. The van der Waals surface area contributed by atoms with Crippen molar-refractivity contribution >= 4 is 17.2 Å². The van der Waals surface area contributed by atoms with Crippen LogP contribution in [0.4, 0.5) is 0 Å². The Balaban J connectivity index is 2.13. The number of rotatable bonds is 3. The monoisotopic (exact) mass is 297 g/mol. The maximum Gasteiger partial charge on any atom is 0.152 e. The lowest BCUT2D eigenvalue weighted by atomic mass is 10.1. The van der Waals surface area contributed by atoms with Crippen LogP contribution >= 0.6 is 11.6 Å². The Bertz CT molecular complexity index is 831. The molecule has 5 heteroatoms. The second kappa shape index (κ2) is 5.47. The third-order valence-corrected chi connectivity index (χ3v) is 3.35. The van der Waals surface area contributed by atoms with E-state index in [-0.39, 0.29) is 0 Å². The first-order valence-electron chi connectivity index (χ1n) is 6.54. The number of nitrogens with zero attached hydrogens (tertiary/aromatic N) is 3. The zero-order valence-electron chi connectivity index (χ0n) is 11.4. The summed E-state index contributed by atoms with van der Waals surface area (Å²) < 4.78 is 7.12. The van der Waals surface area contributed by atoms with Gasteiger partial charge in [-0.15, -0.1) is 0 Å². The van der Waals surface area contributed by atoms with Gasteiger partial charge in [0.05, 0.1) is 11.6 Å². The summed E-state index contributed by atoms with van der Waals surface area (Å²) in [7, 11) is 0. The number of aromatic nitrogens is 2. The van der Waals surface area contributed by atoms with Gasteiger partial charge in [0.2, 0.25) is 0 Å². The highest BCUT2D eigenvalue weighted by Gasteiger charge is 2.14. The van der Waals surface area contributed by atoms with Gasteiger partial charge in [0, 0.05) is 11.8 Å². The van der Waals surface area contributed by atoms with Gasteiger partial charge in [-0.3, -0.25) is 4.40 Å². The molecule has 4 nitrogen and oxygen atoms in total. The van der Waals surface area contributed by atoms with Gasteiger partial charge in [-0.2, -0.15) is 5.26 Å². The van der Waals surface area contributed by atoms with E-state index in [4.69, 9.17) is 16.3 Å². The first-order valence-corrected chi connectivity index (χ1v) is 6.91. The molecule has 0 spiro atoms.